The molecule has 0 aliphatic carbocycles. The first kappa shape index (κ1) is 17.5. The first-order chi connectivity index (χ1) is 11.5. The van der Waals surface area contributed by atoms with Crippen LogP contribution in [0.25, 0.3) is 0 Å². The molecule has 0 radical (unpaired) electrons. The van der Waals surface area contributed by atoms with Crippen molar-refractivity contribution in [3.8, 4) is 17.6 Å². The number of benzene rings is 1. The molecule has 2 N–H and O–H groups in total. The molecule has 2 rings (SSSR count). The van der Waals surface area contributed by atoms with Crippen LogP contribution >= 0.6 is 0 Å². The molecule has 0 aliphatic rings. The minimum atomic E-state index is -0.870. The summed E-state index contributed by atoms with van der Waals surface area (Å²) in [5.74, 6) is 1.52. The van der Waals surface area contributed by atoms with E-state index in [0.29, 0.717) is 34.1 Å². The van der Waals surface area contributed by atoms with Crippen LogP contribution in [0, 0.1) is 25.2 Å². The number of anilines is 1. The van der Waals surface area contributed by atoms with Crippen LogP contribution in [0.5, 0.6) is 11.5 Å². The third-order valence-corrected chi connectivity index (χ3v) is 3.83. The second kappa shape index (κ2) is 7.62. The Morgan fingerprint density at radius 1 is 1.25 bits per heavy atom. The molecule has 0 saturated heterocycles. The molecule has 7 heteroatoms. The Morgan fingerprint density at radius 3 is 2.62 bits per heavy atom. The maximum absolute atomic E-state index is 10.5. The van der Waals surface area contributed by atoms with Crippen LogP contribution in [0.1, 0.15) is 28.5 Å². The van der Waals surface area contributed by atoms with Crippen molar-refractivity contribution in [2.45, 2.75) is 20.0 Å². The van der Waals surface area contributed by atoms with E-state index < -0.39 is 6.10 Å². The number of rotatable bonds is 6. The number of aliphatic hydroxyl groups excluding tert-OH is 1. The molecular formula is C17H20N4O3. The SMILES string of the molecule is COc1ccc(OC)c([C@@H](O)CNc2nnc(C)c(C)c2C#N)c1. The topological polar surface area (TPSA) is 100 Å². The Balaban J connectivity index is 2.22. The van der Waals surface area contributed by atoms with E-state index in [-0.39, 0.29) is 6.54 Å². The number of hydrogen-bond acceptors (Lipinski definition) is 7. The fourth-order valence-electron chi connectivity index (χ4n) is 2.27. The number of aromatic nitrogens is 2. The Morgan fingerprint density at radius 2 is 2.00 bits per heavy atom. The fraction of sp³-hybridized carbons (Fsp3) is 0.353. The van der Waals surface area contributed by atoms with E-state index in [9.17, 15) is 10.4 Å². The number of aliphatic hydroxyl groups is 1. The standard InChI is InChI=1S/C17H20N4O3/c1-10-11(2)20-21-17(14(10)8-18)19-9-15(22)13-7-12(23-3)5-6-16(13)24-4/h5-7,15,22H,9H2,1-4H3,(H,19,21)/t15-/m0/s1. The number of aryl methyl sites for hydroxylation is 1. The lowest BCUT2D eigenvalue weighted by Gasteiger charge is -2.17. The van der Waals surface area contributed by atoms with Gasteiger partial charge in [0.25, 0.3) is 0 Å². The molecule has 2 aromatic rings. The van der Waals surface area contributed by atoms with Gasteiger partial charge in [-0.15, -0.1) is 5.10 Å². The zero-order valence-corrected chi connectivity index (χ0v) is 14.1. The van der Waals surface area contributed by atoms with Gasteiger partial charge in [-0.25, -0.2) is 0 Å². The van der Waals surface area contributed by atoms with E-state index in [1.165, 1.54) is 7.11 Å². The van der Waals surface area contributed by atoms with Crippen molar-refractivity contribution in [3.63, 3.8) is 0 Å². The van der Waals surface area contributed by atoms with Crippen molar-refractivity contribution >= 4 is 5.82 Å². The summed E-state index contributed by atoms with van der Waals surface area (Å²) in [6, 6.07) is 7.31. The van der Waals surface area contributed by atoms with E-state index in [1.54, 1.807) is 32.2 Å². The van der Waals surface area contributed by atoms with Crippen LogP contribution in [0.4, 0.5) is 5.82 Å². The summed E-state index contributed by atoms with van der Waals surface area (Å²) in [6.07, 6.45) is -0.870. The third-order valence-electron chi connectivity index (χ3n) is 3.83. The van der Waals surface area contributed by atoms with Gasteiger partial charge >= 0.3 is 0 Å². The Hall–Kier alpha value is -2.85. The van der Waals surface area contributed by atoms with Crippen molar-refractivity contribution in [2.24, 2.45) is 0 Å². The summed E-state index contributed by atoms with van der Waals surface area (Å²) < 4.78 is 10.5. The van der Waals surface area contributed by atoms with E-state index in [2.05, 4.69) is 21.6 Å². The average Bonchev–Trinajstić information content (AvgIpc) is 2.61. The minimum absolute atomic E-state index is 0.148. The first-order valence-corrected chi connectivity index (χ1v) is 7.39. The van der Waals surface area contributed by atoms with Gasteiger partial charge in [-0.05, 0) is 37.6 Å². The van der Waals surface area contributed by atoms with Gasteiger partial charge in [0.2, 0.25) is 0 Å². The number of nitrogens with one attached hydrogen (secondary N) is 1. The first-order valence-electron chi connectivity index (χ1n) is 7.39. The Labute approximate surface area is 140 Å². The third kappa shape index (κ3) is 3.55. The van der Waals surface area contributed by atoms with Gasteiger partial charge in [-0.2, -0.15) is 10.4 Å². The normalized spacial score (nSPS) is 11.5. The molecule has 0 saturated carbocycles. The molecule has 0 unspecified atom stereocenters. The maximum Gasteiger partial charge on any atom is 0.167 e. The molecule has 1 atom stereocenters. The predicted octanol–water partition coefficient (Wildman–Crippen LogP) is 2.13. The van der Waals surface area contributed by atoms with Gasteiger partial charge in [0.05, 0.1) is 26.0 Å². The molecule has 24 heavy (non-hydrogen) atoms. The van der Waals surface area contributed by atoms with Crippen molar-refractivity contribution in [3.05, 3.63) is 40.6 Å². The van der Waals surface area contributed by atoms with Gasteiger partial charge in [0, 0.05) is 12.1 Å². The molecule has 1 heterocycles. The monoisotopic (exact) mass is 328 g/mol. The number of nitriles is 1. The highest BCUT2D eigenvalue weighted by atomic mass is 16.5. The lowest BCUT2D eigenvalue weighted by Crippen LogP contribution is -2.16. The zero-order valence-electron chi connectivity index (χ0n) is 14.1. The summed E-state index contributed by atoms with van der Waals surface area (Å²) in [5, 5.41) is 30.8. The zero-order chi connectivity index (χ0) is 17.7. The van der Waals surface area contributed by atoms with Crippen molar-refractivity contribution in [1.82, 2.24) is 10.2 Å². The number of nitrogens with zero attached hydrogens (tertiary/aromatic N) is 3. The number of ether oxygens (including phenoxy) is 2. The van der Waals surface area contributed by atoms with Crippen LogP contribution in [-0.4, -0.2) is 36.1 Å². The quantitative estimate of drug-likeness (QED) is 0.837. The molecule has 0 aliphatic heterocycles. The van der Waals surface area contributed by atoms with Gasteiger partial charge < -0.3 is 19.9 Å². The van der Waals surface area contributed by atoms with Crippen LogP contribution in [0.15, 0.2) is 18.2 Å². The second-order valence-corrected chi connectivity index (χ2v) is 5.25. The van der Waals surface area contributed by atoms with Crippen molar-refractivity contribution < 1.29 is 14.6 Å². The summed E-state index contributed by atoms with van der Waals surface area (Å²) in [4.78, 5) is 0. The summed E-state index contributed by atoms with van der Waals surface area (Å²) in [6.45, 7) is 3.76. The van der Waals surface area contributed by atoms with Crippen LogP contribution in [0.2, 0.25) is 0 Å². The maximum atomic E-state index is 10.5. The highest BCUT2D eigenvalue weighted by molar-refractivity contribution is 5.56. The van der Waals surface area contributed by atoms with Crippen LogP contribution in [-0.2, 0) is 0 Å². The predicted molar refractivity (Wildman–Crippen MR) is 89.2 cm³/mol. The minimum Gasteiger partial charge on any atom is -0.497 e. The summed E-state index contributed by atoms with van der Waals surface area (Å²) in [7, 11) is 3.09. The Kier molecular flexibility index (Phi) is 5.55. The largest absolute Gasteiger partial charge is 0.497 e. The molecule has 126 valence electrons. The molecule has 0 spiro atoms. The highest BCUT2D eigenvalue weighted by Gasteiger charge is 2.17. The van der Waals surface area contributed by atoms with Crippen molar-refractivity contribution in [1.29, 1.82) is 5.26 Å². The second-order valence-electron chi connectivity index (χ2n) is 5.25. The molecule has 0 amide bonds. The lowest BCUT2D eigenvalue weighted by atomic mass is 10.1. The molecule has 7 nitrogen and oxygen atoms in total. The molecule has 1 aromatic heterocycles. The fourth-order valence-corrected chi connectivity index (χ4v) is 2.27. The highest BCUT2D eigenvalue weighted by Crippen LogP contribution is 2.29. The lowest BCUT2D eigenvalue weighted by molar-refractivity contribution is 0.186. The van der Waals surface area contributed by atoms with Gasteiger partial charge in [-0.1, -0.05) is 0 Å². The number of methoxy groups -OCH3 is 2. The van der Waals surface area contributed by atoms with Gasteiger partial charge in [0.1, 0.15) is 23.1 Å². The molecular weight excluding hydrogens is 308 g/mol. The van der Waals surface area contributed by atoms with E-state index in [0.717, 1.165) is 5.56 Å². The number of hydrogen-bond donors (Lipinski definition) is 2. The van der Waals surface area contributed by atoms with E-state index >= 15 is 0 Å². The molecule has 0 bridgehead atoms. The average molecular weight is 328 g/mol. The van der Waals surface area contributed by atoms with Crippen LogP contribution in [0.3, 0.4) is 0 Å². The molecule has 0 fully saturated rings. The Bertz CT molecular complexity index is 771. The van der Waals surface area contributed by atoms with E-state index in [1.807, 2.05) is 6.92 Å². The van der Waals surface area contributed by atoms with E-state index in [4.69, 9.17) is 9.47 Å². The summed E-state index contributed by atoms with van der Waals surface area (Å²) >= 11 is 0. The smallest absolute Gasteiger partial charge is 0.167 e. The molecule has 1 aromatic carbocycles. The summed E-state index contributed by atoms with van der Waals surface area (Å²) in [5.41, 5.74) is 2.47. The van der Waals surface area contributed by atoms with Gasteiger partial charge in [0.15, 0.2) is 5.82 Å². The van der Waals surface area contributed by atoms with Crippen LogP contribution < -0.4 is 14.8 Å². The van der Waals surface area contributed by atoms with Crippen molar-refractivity contribution in [2.75, 3.05) is 26.1 Å². The van der Waals surface area contributed by atoms with Gasteiger partial charge in [-0.3, -0.25) is 0 Å².